The summed E-state index contributed by atoms with van der Waals surface area (Å²) in [5.74, 6) is 0. The lowest BCUT2D eigenvalue weighted by Gasteiger charge is -2.02. The Kier molecular flexibility index (Phi) is 4.86. The molecule has 0 unspecified atom stereocenters. The molecule has 2 aromatic carbocycles. The van der Waals surface area contributed by atoms with Crippen molar-refractivity contribution in [2.45, 2.75) is 0 Å². The van der Waals surface area contributed by atoms with Crippen LogP contribution in [0.15, 0.2) is 72.1 Å². The minimum absolute atomic E-state index is 1.28. The Hall–Kier alpha value is -1.42. The molecule has 104 valence electrons. The van der Waals surface area contributed by atoms with Crippen LogP contribution in [-0.4, -0.2) is 6.26 Å². The molecule has 3 heteroatoms. The Morgan fingerprint density at radius 1 is 1.00 bits per heavy atom. The van der Waals surface area contributed by atoms with Crippen LogP contribution < -0.4 is 0 Å². The van der Waals surface area contributed by atoms with Crippen molar-refractivity contribution in [1.82, 2.24) is 0 Å². The highest BCUT2D eigenvalue weighted by molar-refractivity contribution is 8.01. The zero-order chi connectivity index (χ0) is 14.5. The normalized spacial score (nSPS) is 11.6. The van der Waals surface area contributed by atoms with Crippen molar-refractivity contribution in [3.05, 3.63) is 82.6 Å². The number of hydrogen-bond acceptors (Lipinski definition) is 2. The molecule has 0 atom stereocenters. The largest absolute Gasteiger partial charge is 0.301 e. The minimum atomic E-state index is 1.28. The average Bonchev–Trinajstić information content (AvgIpc) is 3.04. The van der Waals surface area contributed by atoms with Gasteiger partial charge in [-0.3, -0.25) is 0 Å². The maximum Gasteiger partial charge on any atom is 0.301 e. The Balaban J connectivity index is 1.99. The lowest BCUT2D eigenvalue weighted by molar-refractivity contribution is 1.61. The molecule has 0 bridgehead atoms. The highest BCUT2D eigenvalue weighted by Crippen LogP contribution is 2.37. The van der Waals surface area contributed by atoms with E-state index in [1.54, 1.807) is 11.8 Å². The van der Waals surface area contributed by atoms with Gasteiger partial charge in [-0.15, -0.1) is 11.8 Å². The highest BCUT2D eigenvalue weighted by Gasteiger charge is 2.18. The van der Waals surface area contributed by atoms with E-state index in [0.29, 0.717) is 0 Å². The second-order valence-corrected chi connectivity index (χ2v) is 7.46. The topological polar surface area (TPSA) is 0 Å². The van der Waals surface area contributed by atoms with Crippen LogP contribution in [-0.2, 0) is 0 Å². The molecule has 21 heavy (non-hydrogen) atoms. The van der Waals surface area contributed by atoms with Gasteiger partial charge in [-0.2, -0.15) is 0 Å². The van der Waals surface area contributed by atoms with Crippen molar-refractivity contribution in [1.29, 1.82) is 0 Å². The van der Waals surface area contributed by atoms with Crippen molar-refractivity contribution < 1.29 is 0 Å². The van der Waals surface area contributed by atoms with E-state index >= 15 is 0 Å². The van der Waals surface area contributed by atoms with Crippen LogP contribution >= 0.6 is 32.4 Å². The molecular weight excluding hydrogens is 312 g/mol. The quantitative estimate of drug-likeness (QED) is 0.389. The third kappa shape index (κ3) is 3.43. The molecule has 1 heterocycles. The molecule has 3 aromatic rings. The molecule has 0 spiro atoms. The summed E-state index contributed by atoms with van der Waals surface area (Å²) in [5.41, 5.74) is 3.88. The summed E-state index contributed by atoms with van der Waals surface area (Å²) in [6.07, 6.45) is 2.11. The minimum Gasteiger partial charge on any atom is -0.137 e. The molecule has 0 nitrogen and oxygen atoms in total. The van der Waals surface area contributed by atoms with E-state index in [2.05, 4.69) is 78.4 Å². The van der Waals surface area contributed by atoms with Crippen LogP contribution in [0.2, 0.25) is 0 Å². The summed E-state index contributed by atoms with van der Waals surface area (Å²) in [5, 5.41) is 2.24. The molecule has 1 aromatic heterocycles. The van der Waals surface area contributed by atoms with Gasteiger partial charge in [-0.05, 0) is 29.4 Å². The van der Waals surface area contributed by atoms with Gasteiger partial charge in [0, 0.05) is 17.2 Å². The Morgan fingerprint density at radius 3 is 2.33 bits per heavy atom. The van der Waals surface area contributed by atoms with Gasteiger partial charge in [-0.25, -0.2) is 0 Å². The second-order valence-electron chi connectivity index (χ2n) is 4.54. The predicted octanol–water partition coefficient (Wildman–Crippen LogP) is 6.51. The number of benzene rings is 2. The van der Waals surface area contributed by atoms with Gasteiger partial charge >= 0.3 is 10.3 Å². The average molecular weight is 328 g/mol. The lowest BCUT2D eigenvalue weighted by Crippen LogP contribution is -1.83. The van der Waals surface area contributed by atoms with Crippen LogP contribution in [0.25, 0.3) is 16.0 Å². The van der Waals surface area contributed by atoms with Crippen molar-refractivity contribution in [2.24, 2.45) is 0 Å². The fourth-order valence-electron chi connectivity index (χ4n) is 2.12. The first-order valence-electron chi connectivity index (χ1n) is 6.66. The Labute approximate surface area is 137 Å². The SMILES string of the molecule is CS/C=C(/c1ccccc1)c1cc(-c2ccccc2)[s+]s1. The van der Waals surface area contributed by atoms with E-state index in [-0.39, 0.29) is 0 Å². The molecule has 0 aliphatic rings. The maximum absolute atomic E-state index is 2.31. The standard InChI is InChI=1S/C18H15S3/c1-19-13-16(14-8-4-2-5-9-14)18-12-17(20-21-18)15-10-6-3-7-11-15/h2-13H,1H3/q+1/b16-13-. The molecule has 0 amide bonds. The lowest BCUT2D eigenvalue weighted by atomic mass is 10.1. The summed E-state index contributed by atoms with van der Waals surface area (Å²) in [6.45, 7) is 0. The van der Waals surface area contributed by atoms with Gasteiger partial charge in [0.05, 0.1) is 4.88 Å². The number of thioether (sulfide) groups is 1. The Bertz CT molecular complexity index is 727. The first-order valence-corrected chi connectivity index (χ1v) is 10.1. The number of rotatable bonds is 4. The molecule has 0 saturated heterocycles. The third-order valence-electron chi connectivity index (χ3n) is 3.13. The molecule has 0 fully saturated rings. The van der Waals surface area contributed by atoms with E-state index in [4.69, 9.17) is 0 Å². The molecule has 0 radical (unpaired) electrons. The van der Waals surface area contributed by atoms with Crippen molar-refractivity contribution in [3.63, 3.8) is 0 Å². The van der Waals surface area contributed by atoms with Crippen LogP contribution in [0.5, 0.6) is 0 Å². The van der Waals surface area contributed by atoms with Crippen LogP contribution in [0.3, 0.4) is 0 Å². The van der Waals surface area contributed by atoms with Gasteiger partial charge < -0.3 is 0 Å². The summed E-state index contributed by atoms with van der Waals surface area (Å²) in [6, 6.07) is 23.5. The van der Waals surface area contributed by atoms with Crippen LogP contribution in [0, 0.1) is 0 Å². The summed E-state index contributed by atoms with van der Waals surface area (Å²) in [7, 11) is 3.69. The molecule has 0 aliphatic carbocycles. The smallest absolute Gasteiger partial charge is 0.137 e. The van der Waals surface area contributed by atoms with Crippen LogP contribution in [0.4, 0.5) is 0 Å². The van der Waals surface area contributed by atoms with E-state index in [1.807, 2.05) is 20.7 Å². The monoisotopic (exact) mass is 327 g/mol. The van der Waals surface area contributed by atoms with Crippen molar-refractivity contribution in [2.75, 3.05) is 6.26 Å². The highest BCUT2D eigenvalue weighted by atomic mass is 32.9. The zero-order valence-electron chi connectivity index (χ0n) is 11.7. The van der Waals surface area contributed by atoms with E-state index < -0.39 is 0 Å². The van der Waals surface area contributed by atoms with Gasteiger partial charge in [0.2, 0.25) is 0 Å². The molecular formula is C18H15S3+. The summed E-state index contributed by atoms with van der Waals surface area (Å²) >= 11 is 1.75. The number of hydrogen-bond donors (Lipinski definition) is 0. The van der Waals surface area contributed by atoms with Gasteiger partial charge in [0.25, 0.3) is 4.88 Å². The van der Waals surface area contributed by atoms with Crippen molar-refractivity contribution in [3.8, 4) is 10.4 Å². The van der Waals surface area contributed by atoms with Gasteiger partial charge in [-0.1, -0.05) is 48.5 Å². The third-order valence-corrected chi connectivity index (χ3v) is 6.06. The first-order chi connectivity index (χ1) is 10.4. The van der Waals surface area contributed by atoms with Gasteiger partial charge in [0.1, 0.15) is 0 Å². The molecule has 3 rings (SSSR count). The fourth-order valence-corrected chi connectivity index (χ4v) is 5.16. The summed E-state index contributed by atoms with van der Waals surface area (Å²) < 4.78 is 0. The van der Waals surface area contributed by atoms with E-state index in [1.165, 1.54) is 26.5 Å². The first kappa shape index (κ1) is 14.5. The fraction of sp³-hybridized carbons (Fsp3) is 0.0556. The van der Waals surface area contributed by atoms with E-state index in [0.717, 1.165) is 0 Å². The van der Waals surface area contributed by atoms with Gasteiger partial charge in [0.15, 0.2) is 10.3 Å². The summed E-state index contributed by atoms with van der Waals surface area (Å²) in [4.78, 5) is 2.66. The second kappa shape index (κ2) is 7.03. The maximum atomic E-state index is 2.31. The Morgan fingerprint density at radius 2 is 1.67 bits per heavy atom. The van der Waals surface area contributed by atoms with E-state index in [9.17, 15) is 0 Å². The molecule has 0 N–H and O–H groups in total. The van der Waals surface area contributed by atoms with Crippen LogP contribution in [0.1, 0.15) is 10.4 Å². The van der Waals surface area contributed by atoms with Crippen molar-refractivity contribution >= 4 is 38.0 Å². The predicted molar refractivity (Wildman–Crippen MR) is 99.1 cm³/mol. The zero-order valence-corrected chi connectivity index (χ0v) is 14.1. The molecule has 0 aliphatic heterocycles. The molecule has 0 saturated carbocycles.